The van der Waals surface area contributed by atoms with Gasteiger partial charge in [0.25, 0.3) is 0 Å². The third-order valence-corrected chi connectivity index (χ3v) is 4.13. The molecule has 1 aliphatic rings. The van der Waals surface area contributed by atoms with Gasteiger partial charge in [-0.05, 0) is 44.5 Å². The van der Waals surface area contributed by atoms with Gasteiger partial charge in [-0.1, -0.05) is 18.5 Å². The normalized spacial score (nSPS) is 17.1. The van der Waals surface area contributed by atoms with Crippen molar-refractivity contribution in [3.63, 3.8) is 0 Å². The maximum Gasteiger partial charge on any atom is 0.162 e. The van der Waals surface area contributed by atoms with E-state index < -0.39 is 0 Å². The minimum absolute atomic E-state index is 0.168. The minimum atomic E-state index is 0.168. The van der Waals surface area contributed by atoms with Gasteiger partial charge in [0.1, 0.15) is 0 Å². The van der Waals surface area contributed by atoms with Gasteiger partial charge in [0.05, 0.1) is 7.11 Å². The van der Waals surface area contributed by atoms with E-state index in [4.69, 9.17) is 16.3 Å². The third-order valence-electron chi connectivity index (χ3n) is 3.92. The second-order valence-corrected chi connectivity index (χ2v) is 6.30. The maximum atomic E-state index is 10.1. The van der Waals surface area contributed by atoms with Crippen molar-refractivity contribution in [2.24, 2.45) is 5.92 Å². The first-order valence-corrected chi connectivity index (χ1v) is 7.96. The van der Waals surface area contributed by atoms with Crippen molar-refractivity contribution in [2.75, 3.05) is 33.3 Å². The van der Waals surface area contributed by atoms with Crippen LogP contribution in [0.2, 0.25) is 5.02 Å². The van der Waals surface area contributed by atoms with Gasteiger partial charge >= 0.3 is 0 Å². The van der Waals surface area contributed by atoms with Crippen molar-refractivity contribution >= 4 is 11.6 Å². The van der Waals surface area contributed by atoms with Crippen LogP contribution < -0.4 is 10.1 Å². The number of aromatic hydroxyl groups is 1. The molecule has 1 aromatic carbocycles. The largest absolute Gasteiger partial charge is 0.504 e. The molecule has 0 saturated carbocycles. The Morgan fingerprint density at radius 2 is 2.10 bits per heavy atom. The summed E-state index contributed by atoms with van der Waals surface area (Å²) in [6.45, 7) is 7.37. The summed E-state index contributed by atoms with van der Waals surface area (Å²) in [7, 11) is 1.53. The average Bonchev–Trinajstić information content (AvgIpc) is 2.95. The Balaban J connectivity index is 1.81. The fourth-order valence-corrected chi connectivity index (χ4v) is 3.07. The van der Waals surface area contributed by atoms with Crippen LogP contribution in [0.25, 0.3) is 0 Å². The summed E-state index contributed by atoms with van der Waals surface area (Å²) < 4.78 is 5.11. The van der Waals surface area contributed by atoms with Crippen LogP contribution in [0.15, 0.2) is 12.1 Å². The number of nitrogens with zero attached hydrogens (tertiary/aromatic N) is 1. The second-order valence-electron chi connectivity index (χ2n) is 5.86. The predicted molar refractivity (Wildman–Crippen MR) is 86.2 cm³/mol. The van der Waals surface area contributed by atoms with Gasteiger partial charge in [-0.15, -0.1) is 0 Å². The molecule has 0 amide bonds. The third kappa shape index (κ3) is 4.77. The summed E-state index contributed by atoms with van der Waals surface area (Å²) in [6.07, 6.45) is 2.66. The monoisotopic (exact) mass is 312 g/mol. The molecule has 4 nitrogen and oxygen atoms in total. The Morgan fingerprint density at radius 3 is 2.76 bits per heavy atom. The second kappa shape index (κ2) is 7.87. The lowest BCUT2D eigenvalue weighted by Crippen LogP contribution is -2.31. The van der Waals surface area contributed by atoms with Crippen LogP contribution in [0.4, 0.5) is 0 Å². The summed E-state index contributed by atoms with van der Waals surface area (Å²) in [5.41, 5.74) is 0.771. The lowest BCUT2D eigenvalue weighted by atomic mass is 10.1. The van der Waals surface area contributed by atoms with Gasteiger partial charge in [-0.25, -0.2) is 0 Å². The number of nitrogens with one attached hydrogen (secondary N) is 1. The number of hydrogen-bond acceptors (Lipinski definition) is 4. The molecule has 0 bridgehead atoms. The number of methoxy groups -OCH3 is 1. The number of benzene rings is 1. The molecule has 2 rings (SSSR count). The zero-order chi connectivity index (χ0) is 15.2. The van der Waals surface area contributed by atoms with E-state index in [1.165, 1.54) is 33.0 Å². The Kier molecular flexibility index (Phi) is 6.15. The molecule has 118 valence electrons. The van der Waals surface area contributed by atoms with Gasteiger partial charge in [-0.3, -0.25) is 0 Å². The first kappa shape index (κ1) is 16.4. The maximum absolute atomic E-state index is 10.1. The average molecular weight is 313 g/mol. The standard InChI is InChI=1S/C16H25ClN2O2/c1-12(11-19-5-3-4-6-19)9-18-10-13-7-14(17)8-15(21-2)16(13)20/h7-8,12,18,20H,3-6,9-11H2,1-2H3. The summed E-state index contributed by atoms with van der Waals surface area (Å²) in [5.74, 6) is 1.18. The molecule has 1 fully saturated rings. The Labute approximate surface area is 132 Å². The first-order valence-electron chi connectivity index (χ1n) is 7.58. The van der Waals surface area contributed by atoms with Crippen LogP contribution >= 0.6 is 11.6 Å². The number of hydrogen-bond donors (Lipinski definition) is 2. The number of phenols is 1. The predicted octanol–water partition coefficient (Wildman–Crippen LogP) is 2.88. The van der Waals surface area contributed by atoms with Crippen LogP contribution in [-0.2, 0) is 6.54 Å². The number of rotatable bonds is 7. The molecule has 0 radical (unpaired) electrons. The molecular weight excluding hydrogens is 288 g/mol. The molecule has 1 heterocycles. The van der Waals surface area contributed by atoms with Crippen molar-refractivity contribution < 1.29 is 9.84 Å². The van der Waals surface area contributed by atoms with E-state index in [1.54, 1.807) is 12.1 Å². The molecule has 2 N–H and O–H groups in total. The summed E-state index contributed by atoms with van der Waals surface area (Å²) in [5, 5.41) is 14.0. The molecule has 5 heteroatoms. The van der Waals surface area contributed by atoms with E-state index in [0.717, 1.165) is 18.7 Å². The lowest BCUT2D eigenvalue weighted by Gasteiger charge is -2.20. The van der Waals surface area contributed by atoms with Crippen molar-refractivity contribution in [1.29, 1.82) is 0 Å². The van der Waals surface area contributed by atoms with Gasteiger partial charge in [-0.2, -0.15) is 0 Å². The highest BCUT2D eigenvalue weighted by Gasteiger charge is 2.15. The highest BCUT2D eigenvalue weighted by atomic mass is 35.5. The van der Waals surface area contributed by atoms with E-state index in [2.05, 4.69) is 17.1 Å². The Bertz CT molecular complexity index is 462. The van der Waals surface area contributed by atoms with Crippen LogP contribution in [-0.4, -0.2) is 43.3 Å². The minimum Gasteiger partial charge on any atom is -0.504 e. The molecule has 0 spiro atoms. The first-order chi connectivity index (χ1) is 10.1. The molecule has 0 aliphatic carbocycles. The zero-order valence-electron chi connectivity index (χ0n) is 12.9. The van der Waals surface area contributed by atoms with E-state index in [9.17, 15) is 5.11 Å². The zero-order valence-corrected chi connectivity index (χ0v) is 13.6. The fraction of sp³-hybridized carbons (Fsp3) is 0.625. The van der Waals surface area contributed by atoms with Gasteiger partial charge in [0.15, 0.2) is 11.5 Å². The van der Waals surface area contributed by atoms with E-state index in [0.29, 0.717) is 23.2 Å². The highest BCUT2D eigenvalue weighted by molar-refractivity contribution is 6.30. The molecule has 1 atom stereocenters. The van der Waals surface area contributed by atoms with Crippen molar-refractivity contribution in [2.45, 2.75) is 26.3 Å². The van der Waals surface area contributed by atoms with Crippen molar-refractivity contribution in [3.05, 3.63) is 22.7 Å². The van der Waals surface area contributed by atoms with Gasteiger partial charge in [0, 0.05) is 29.7 Å². The smallest absolute Gasteiger partial charge is 0.162 e. The molecule has 1 unspecified atom stereocenters. The van der Waals surface area contributed by atoms with Gasteiger partial charge < -0.3 is 20.1 Å². The van der Waals surface area contributed by atoms with Crippen LogP contribution in [0, 0.1) is 5.92 Å². The lowest BCUT2D eigenvalue weighted by molar-refractivity contribution is 0.282. The van der Waals surface area contributed by atoms with Crippen LogP contribution in [0.5, 0.6) is 11.5 Å². The molecule has 21 heavy (non-hydrogen) atoms. The Morgan fingerprint density at radius 1 is 1.38 bits per heavy atom. The molecular formula is C16H25ClN2O2. The van der Waals surface area contributed by atoms with Crippen molar-refractivity contribution in [3.8, 4) is 11.5 Å². The summed E-state index contributed by atoms with van der Waals surface area (Å²) >= 11 is 6.03. The number of likely N-dealkylation sites (tertiary alicyclic amines) is 1. The SMILES string of the molecule is COc1cc(Cl)cc(CNCC(C)CN2CCCC2)c1O. The van der Waals surface area contributed by atoms with Crippen LogP contribution in [0.1, 0.15) is 25.3 Å². The summed E-state index contributed by atoms with van der Waals surface area (Å²) in [4.78, 5) is 2.52. The Hall–Kier alpha value is -0.970. The number of ether oxygens (including phenoxy) is 1. The number of phenolic OH excluding ortho intramolecular Hbond substituents is 1. The molecule has 1 aromatic rings. The van der Waals surface area contributed by atoms with Crippen LogP contribution in [0.3, 0.4) is 0 Å². The molecule has 1 aliphatic heterocycles. The van der Waals surface area contributed by atoms with E-state index in [1.807, 2.05) is 0 Å². The van der Waals surface area contributed by atoms with E-state index >= 15 is 0 Å². The number of halogens is 1. The quantitative estimate of drug-likeness (QED) is 0.812. The van der Waals surface area contributed by atoms with Gasteiger partial charge in [0.2, 0.25) is 0 Å². The topological polar surface area (TPSA) is 44.7 Å². The van der Waals surface area contributed by atoms with Crippen molar-refractivity contribution in [1.82, 2.24) is 10.2 Å². The highest BCUT2D eigenvalue weighted by Crippen LogP contribution is 2.33. The summed E-state index contributed by atoms with van der Waals surface area (Å²) in [6, 6.07) is 3.40. The fourth-order valence-electron chi connectivity index (χ4n) is 2.84. The molecule has 0 aromatic heterocycles. The van der Waals surface area contributed by atoms with E-state index in [-0.39, 0.29) is 5.75 Å². The molecule has 1 saturated heterocycles.